The lowest BCUT2D eigenvalue weighted by Gasteiger charge is -2.31. The fourth-order valence-corrected chi connectivity index (χ4v) is 2.89. The highest BCUT2D eigenvalue weighted by atomic mass is 16.2. The van der Waals surface area contributed by atoms with Crippen LogP contribution in [0.25, 0.3) is 0 Å². The Hall–Kier alpha value is -1.31. The van der Waals surface area contributed by atoms with E-state index in [9.17, 15) is 4.79 Å². The summed E-state index contributed by atoms with van der Waals surface area (Å²) in [4.78, 5) is 14.6. The number of carbonyl (C=O) groups is 1. The predicted octanol–water partition coefficient (Wildman–Crippen LogP) is 3.79. The average Bonchev–Trinajstić information content (AvgIpc) is 2.47. The van der Waals surface area contributed by atoms with Crippen LogP contribution in [0.1, 0.15) is 50.7 Å². The minimum absolute atomic E-state index is 0.227. The number of unbranched alkanes of at least 4 members (excludes halogenated alkanes) is 1. The lowest BCUT2D eigenvalue weighted by molar-refractivity contribution is -0.136. The van der Waals surface area contributed by atoms with Gasteiger partial charge in [-0.1, -0.05) is 51.0 Å². The summed E-state index contributed by atoms with van der Waals surface area (Å²) in [6, 6.07) is 8.50. The molecule has 0 spiro atoms. The fourth-order valence-electron chi connectivity index (χ4n) is 2.89. The summed E-state index contributed by atoms with van der Waals surface area (Å²) in [5.74, 6) is 0.593. The van der Waals surface area contributed by atoms with E-state index in [4.69, 9.17) is 0 Å². The highest BCUT2D eigenvalue weighted by molar-refractivity contribution is 5.79. The summed E-state index contributed by atoms with van der Waals surface area (Å²) in [7, 11) is 0. The van der Waals surface area contributed by atoms with Crippen molar-refractivity contribution in [1.82, 2.24) is 4.90 Å². The van der Waals surface area contributed by atoms with Crippen LogP contribution >= 0.6 is 0 Å². The molecule has 1 aromatic carbocycles. The standard InChI is InChI=1S/C17H25NO/c1-3-5-8-14(4-2)17(19)18-12-11-15-9-6-7-10-16(15)13-18/h6-7,9-10,14H,3-5,8,11-13H2,1-2H3/t14-/m1/s1. The van der Waals surface area contributed by atoms with Gasteiger partial charge >= 0.3 is 0 Å². The van der Waals surface area contributed by atoms with Crippen LogP contribution in [0.2, 0.25) is 0 Å². The SMILES string of the molecule is CCCC[C@@H](CC)C(=O)N1CCc2ccccc2C1. The molecule has 2 heteroatoms. The number of benzene rings is 1. The van der Waals surface area contributed by atoms with E-state index in [2.05, 4.69) is 43.0 Å². The molecule has 1 aromatic rings. The normalized spacial score (nSPS) is 16.0. The van der Waals surface area contributed by atoms with Crippen molar-refractivity contribution in [3.63, 3.8) is 0 Å². The first-order chi connectivity index (χ1) is 9.26. The highest BCUT2D eigenvalue weighted by Gasteiger charge is 2.25. The monoisotopic (exact) mass is 259 g/mol. The minimum atomic E-state index is 0.227. The first-order valence-electron chi connectivity index (χ1n) is 7.61. The molecule has 0 N–H and O–H groups in total. The summed E-state index contributed by atoms with van der Waals surface area (Å²) in [6.07, 6.45) is 5.36. The average molecular weight is 259 g/mol. The van der Waals surface area contributed by atoms with Crippen molar-refractivity contribution in [2.75, 3.05) is 6.54 Å². The van der Waals surface area contributed by atoms with E-state index in [1.807, 2.05) is 0 Å². The molecule has 0 saturated carbocycles. The first kappa shape index (κ1) is 14.1. The lowest BCUT2D eigenvalue weighted by atomic mass is 9.94. The lowest BCUT2D eigenvalue weighted by Crippen LogP contribution is -2.39. The second-order valence-electron chi connectivity index (χ2n) is 5.53. The molecule has 0 aromatic heterocycles. The molecule has 0 fully saturated rings. The van der Waals surface area contributed by atoms with Crippen molar-refractivity contribution in [2.24, 2.45) is 5.92 Å². The van der Waals surface area contributed by atoms with E-state index in [1.165, 1.54) is 17.5 Å². The Bertz CT molecular complexity index is 427. The van der Waals surface area contributed by atoms with Crippen LogP contribution in [0.15, 0.2) is 24.3 Å². The van der Waals surface area contributed by atoms with Gasteiger partial charge < -0.3 is 4.90 Å². The third kappa shape index (κ3) is 3.37. The summed E-state index contributed by atoms with van der Waals surface area (Å²) >= 11 is 0. The van der Waals surface area contributed by atoms with E-state index in [0.29, 0.717) is 5.91 Å². The molecule has 104 valence electrons. The van der Waals surface area contributed by atoms with E-state index in [0.717, 1.165) is 38.8 Å². The molecule has 19 heavy (non-hydrogen) atoms. The molecule has 1 amide bonds. The Morgan fingerprint density at radius 2 is 2.00 bits per heavy atom. The number of nitrogens with zero attached hydrogens (tertiary/aromatic N) is 1. The molecule has 1 aliphatic rings. The number of hydrogen-bond donors (Lipinski definition) is 0. The van der Waals surface area contributed by atoms with Crippen molar-refractivity contribution in [3.05, 3.63) is 35.4 Å². The Kier molecular flexibility index (Phi) is 5.00. The summed E-state index contributed by atoms with van der Waals surface area (Å²) < 4.78 is 0. The van der Waals surface area contributed by atoms with Crippen molar-refractivity contribution < 1.29 is 4.79 Å². The quantitative estimate of drug-likeness (QED) is 0.788. The van der Waals surface area contributed by atoms with Crippen molar-refractivity contribution >= 4 is 5.91 Å². The second kappa shape index (κ2) is 6.74. The molecule has 1 heterocycles. The van der Waals surface area contributed by atoms with Gasteiger partial charge in [0, 0.05) is 19.0 Å². The van der Waals surface area contributed by atoms with E-state index >= 15 is 0 Å². The number of hydrogen-bond acceptors (Lipinski definition) is 1. The molecule has 1 atom stereocenters. The van der Waals surface area contributed by atoms with Gasteiger partial charge in [-0.2, -0.15) is 0 Å². The molecular weight excluding hydrogens is 234 g/mol. The zero-order chi connectivity index (χ0) is 13.7. The number of carbonyl (C=O) groups excluding carboxylic acids is 1. The van der Waals surface area contributed by atoms with E-state index < -0.39 is 0 Å². The summed E-state index contributed by atoms with van der Waals surface area (Å²) in [5.41, 5.74) is 2.74. The van der Waals surface area contributed by atoms with Gasteiger partial charge in [0.25, 0.3) is 0 Å². The highest BCUT2D eigenvalue weighted by Crippen LogP contribution is 2.22. The molecule has 0 radical (unpaired) electrons. The molecule has 0 aliphatic carbocycles. The Morgan fingerprint density at radius 1 is 1.26 bits per heavy atom. The number of amides is 1. The molecule has 2 rings (SSSR count). The van der Waals surface area contributed by atoms with E-state index in [-0.39, 0.29) is 5.92 Å². The van der Waals surface area contributed by atoms with Gasteiger partial charge in [-0.25, -0.2) is 0 Å². The molecule has 0 saturated heterocycles. The Balaban J connectivity index is 2.01. The van der Waals surface area contributed by atoms with Gasteiger partial charge in [0.15, 0.2) is 0 Å². The van der Waals surface area contributed by atoms with Gasteiger partial charge in [0.1, 0.15) is 0 Å². The van der Waals surface area contributed by atoms with Crippen molar-refractivity contribution in [1.29, 1.82) is 0 Å². The molecule has 2 nitrogen and oxygen atoms in total. The van der Waals surface area contributed by atoms with Crippen molar-refractivity contribution in [3.8, 4) is 0 Å². The van der Waals surface area contributed by atoms with Gasteiger partial charge in [-0.3, -0.25) is 4.79 Å². The number of rotatable bonds is 5. The van der Waals surface area contributed by atoms with E-state index in [1.54, 1.807) is 0 Å². The first-order valence-corrected chi connectivity index (χ1v) is 7.61. The van der Waals surface area contributed by atoms with Gasteiger partial charge in [0.05, 0.1) is 0 Å². The maximum atomic E-state index is 12.6. The molecule has 0 unspecified atom stereocenters. The van der Waals surface area contributed by atoms with Crippen LogP contribution in [0.5, 0.6) is 0 Å². The van der Waals surface area contributed by atoms with Crippen LogP contribution in [-0.2, 0) is 17.8 Å². The van der Waals surface area contributed by atoms with Crippen LogP contribution in [0.4, 0.5) is 0 Å². The Labute approximate surface area is 116 Å². The summed E-state index contributed by atoms with van der Waals surface area (Å²) in [5, 5.41) is 0. The van der Waals surface area contributed by atoms with Gasteiger partial charge in [0.2, 0.25) is 5.91 Å². The zero-order valence-corrected chi connectivity index (χ0v) is 12.2. The van der Waals surface area contributed by atoms with Crippen molar-refractivity contribution in [2.45, 2.75) is 52.5 Å². The van der Waals surface area contributed by atoms with Gasteiger partial charge in [-0.15, -0.1) is 0 Å². The Morgan fingerprint density at radius 3 is 2.68 bits per heavy atom. The largest absolute Gasteiger partial charge is 0.338 e. The summed E-state index contributed by atoms with van der Waals surface area (Å²) in [6.45, 7) is 6.01. The topological polar surface area (TPSA) is 20.3 Å². The molecule has 0 bridgehead atoms. The van der Waals surface area contributed by atoms with Crippen LogP contribution < -0.4 is 0 Å². The minimum Gasteiger partial charge on any atom is -0.338 e. The fraction of sp³-hybridized carbons (Fsp3) is 0.588. The maximum absolute atomic E-state index is 12.6. The predicted molar refractivity (Wildman–Crippen MR) is 78.9 cm³/mol. The van der Waals surface area contributed by atoms with Crippen LogP contribution in [0.3, 0.4) is 0 Å². The molecule has 1 aliphatic heterocycles. The second-order valence-corrected chi connectivity index (χ2v) is 5.53. The zero-order valence-electron chi connectivity index (χ0n) is 12.2. The third-order valence-electron chi connectivity index (χ3n) is 4.19. The van der Waals surface area contributed by atoms with Crippen LogP contribution in [0, 0.1) is 5.92 Å². The maximum Gasteiger partial charge on any atom is 0.225 e. The van der Waals surface area contributed by atoms with Crippen LogP contribution in [-0.4, -0.2) is 17.4 Å². The number of fused-ring (bicyclic) bond motifs is 1. The molecular formula is C17H25NO. The third-order valence-corrected chi connectivity index (χ3v) is 4.19. The smallest absolute Gasteiger partial charge is 0.225 e. The van der Waals surface area contributed by atoms with Gasteiger partial charge in [-0.05, 0) is 30.4 Å².